The Kier molecular flexibility index (Phi) is 5.12. The van der Waals surface area contributed by atoms with Gasteiger partial charge in [0.2, 0.25) is 0 Å². The second-order valence-corrected chi connectivity index (χ2v) is 6.27. The van der Waals surface area contributed by atoms with Gasteiger partial charge in [0, 0.05) is 18.7 Å². The van der Waals surface area contributed by atoms with E-state index in [0.29, 0.717) is 10.5 Å². The number of nitro groups is 1. The minimum absolute atomic E-state index is 0.144. The molecule has 1 aliphatic rings. The zero-order valence-electron chi connectivity index (χ0n) is 11.9. The van der Waals surface area contributed by atoms with Gasteiger partial charge in [0.1, 0.15) is 0 Å². The van der Waals surface area contributed by atoms with E-state index in [1.807, 2.05) is 6.07 Å². The van der Waals surface area contributed by atoms with Crippen LogP contribution in [0.25, 0.3) is 0 Å². The molecule has 0 N–H and O–H groups in total. The molecule has 1 aromatic carbocycles. The molecule has 20 heavy (non-hydrogen) atoms. The van der Waals surface area contributed by atoms with Gasteiger partial charge in [-0.15, -0.1) is 0 Å². The number of hydrogen-bond acceptors (Lipinski definition) is 4. The molecule has 5 nitrogen and oxygen atoms in total. The molecule has 110 valence electrons. The molecule has 0 bridgehead atoms. The lowest BCUT2D eigenvalue weighted by Gasteiger charge is -2.35. The fraction of sp³-hybridized carbons (Fsp3) is 0.571. The van der Waals surface area contributed by atoms with Crippen molar-refractivity contribution in [2.45, 2.75) is 25.4 Å². The predicted molar refractivity (Wildman–Crippen MR) is 82.8 cm³/mol. The van der Waals surface area contributed by atoms with Crippen LogP contribution in [0.4, 0.5) is 5.69 Å². The summed E-state index contributed by atoms with van der Waals surface area (Å²) >= 11 is 3.37. The highest BCUT2D eigenvalue weighted by Crippen LogP contribution is 2.29. The quantitative estimate of drug-likeness (QED) is 0.624. The van der Waals surface area contributed by atoms with Crippen LogP contribution in [0.2, 0.25) is 0 Å². The van der Waals surface area contributed by atoms with Gasteiger partial charge in [-0.3, -0.25) is 15.0 Å². The molecule has 0 saturated carbocycles. The van der Waals surface area contributed by atoms with E-state index in [0.717, 1.165) is 38.0 Å². The van der Waals surface area contributed by atoms with Crippen molar-refractivity contribution < 1.29 is 4.92 Å². The molecule has 0 amide bonds. The van der Waals surface area contributed by atoms with E-state index < -0.39 is 0 Å². The summed E-state index contributed by atoms with van der Waals surface area (Å²) in [6.45, 7) is 2.85. The Morgan fingerprint density at radius 1 is 1.40 bits per heavy atom. The lowest BCUT2D eigenvalue weighted by atomic mass is 10.0. The highest BCUT2D eigenvalue weighted by atomic mass is 79.9. The Morgan fingerprint density at radius 2 is 2.05 bits per heavy atom. The van der Waals surface area contributed by atoms with Crippen LogP contribution in [-0.2, 0) is 6.54 Å². The third kappa shape index (κ3) is 3.56. The zero-order valence-corrected chi connectivity index (χ0v) is 13.5. The van der Waals surface area contributed by atoms with E-state index in [4.69, 9.17) is 0 Å². The van der Waals surface area contributed by atoms with Gasteiger partial charge in [0.15, 0.2) is 0 Å². The van der Waals surface area contributed by atoms with Gasteiger partial charge in [0.05, 0.1) is 9.40 Å². The van der Waals surface area contributed by atoms with Gasteiger partial charge in [0.25, 0.3) is 5.69 Å². The predicted octanol–water partition coefficient (Wildman–Crippen LogP) is 2.88. The molecule has 1 fully saturated rings. The topological polar surface area (TPSA) is 49.6 Å². The summed E-state index contributed by atoms with van der Waals surface area (Å²) in [5, 5.41) is 10.9. The molecule has 1 aromatic rings. The van der Waals surface area contributed by atoms with Crippen molar-refractivity contribution in [3.8, 4) is 0 Å². The van der Waals surface area contributed by atoms with Crippen molar-refractivity contribution in [3.63, 3.8) is 0 Å². The van der Waals surface area contributed by atoms with E-state index in [9.17, 15) is 10.1 Å². The summed E-state index contributed by atoms with van der Waals surface area (Å²) < 4.78 is 0.611. The Bertz CT molecular complexity index is 485. The van der Waals surface area contributed by atoms with Crippen LogP contribution in [0.15, 0.2) is 22.7 Å². The van der Waals surface area contributed by atoms with Crippen molar-refractivity contribution in [2.24, 2.45) is 0 Å². The highest BCUT2D eigenvalue weighted by Gasteiger charge is 2.22. The third-order valence-corrected chi connectivity index (χ3v) is 4.85. The number of nitrogens with zero attached hydrogens (tertiary/aromatic N) is 3. The summed E-state index contributed by atoms with van der Waals surface area (Å²) in [6.07, 6.45) is 2.30. The molecule has 6 heteroatoms. The SMILES string of the molecule is CN(C)C1CCN(Cc2cccc([N+](=O)[O-])c2Br)CC1. The average molecular weight is 342 g/mol. The summed E-state index contributed by atoms with van der Waals surface area (Å²) in [6, 6.07) is 5.89. The summed E-state index contributed by atoms with van der Waals surface area (Å²) in [4.78, 5) is 15.2. The van der Waals surface area contributed by atoms with E-state index in [1.165, 1.54) is 6.07 Å². The Balaban J connectivity index is 2.01. The van der Waals surface area contributed by atoms with E-state index in [1.54, 1.807) is 6.07 Å². The fourth-order valence-corrected chi connectivity index (χ4v) is 3.20. The number of halogens is 1. The van der Waals surface area contributed by atoms with Crippen molar-refractivity contribution in [2.75, 3.05) is 27.2 Å². The molecule has 0 atom stereocenters. The van der Waals surface area contributed by atoms with Crippen molar-refractivity contribution in [1.82, 2.24) is 9.80 Å². The average Bonchev–Trinajstić information content (AvgIpc) is 2.41. The summed E-state index contributed by atoms with van der Waals surface area (Å²) in [7, 11) is 4.24. The van der Waals surface area contributed by atoms with Gasteiger partial charge in [-0.1, -0.05) is 12.1 Å². The van der Waals surface area contributed by atoms with Crippen LogP contribution in [0.3, 0.4) is 0 Å². The van der Waals surface area contributed by atoms with E-state index in [2.05, 4.69) is 39.8 Å². The lowest BCUT2D eigenvalue weighted by Crippen LogP contribution is -2.41. The monoisotopic (exact) mass is 341 g/mol. The first kappa shape index (κ1) is 15.4. The Labute approximate surface area is 127 Å². The van der Waals surface area contributed by atoms with Gasteiger partial charge in [-0.25, -0.2) is 0 Å². The molecule has 2 rings (SSSR count). The zero-order chi connectivity index (χ0) is 14.7. The van der Waals surface area contributed by atoms with Crippen LogP contribution in [0.1, 0.15) is 18.4 Å². The fourth-order valence-electron chi connectivity index (χ4n) is 2.66. The van der Waals surface area contributed by atoms with Crippen molar-refractivity contribution in [3.05, 3.63) is 38.3 Å². The van der Waals surface area contributed by atoms with Gasteiger partial charge < -0.3 is 4.90 Å². The normalized spacial score (nSPS) is 17.6. The maximum Gasteiger partial charge on any atom is 0.283 e. The summed E-state index contributed by atoms with van der Waals surface area (Å²) in [5.74, 6) is 0. The van der Waals surface area contributed by atoms with Gasteiger partial charge in [-0.2, -0.15) is 0 Å². The smallest absolute Gasteiger partial charge is 0.283 e. The standard InChI is InChI=1S/C14H20BrN3O2/c1-16(2)12-6-8-17(9-7-12)10-11-4-3-5-13(14(11)15)18(19)20/h3-5,12H,6-10H2,1-2H3. The third-order valence-electron chi connectivity index (χ3n) is 3.94. The summed E-state index contributed by atoms with van der Waals surface area (Å²) in [5.41, 5.74) is 1.13. The second kappa shape index (κ2) is 6.65. The first-order valence-electron chi connectivity index (χ1n) is 6.79. The highest BCUT2D eigenvalue weighted by molar-refractivity contribution is 9.10. The number of likely N-dealkylation sites (tertiary alicyclic amines) is 1. The lowest BCUT2D eigenvalue weighted by molar-refractivity contribution is -0.385. The van der Waals surface area contributed by atoms with Crippen LogP contribution in [-0.4, -0.2) is 47.9 Å². The van der Waals surface area contributed by atoms with Crippen LogP contribution in [0, 0.1) is 10.1 Å². The number of benzene rings is 1. The molecule has 0 spiro atoms. The molecule has 0 aliphatic carbocycles. The first-order valence-corrected chi connectivity index (χ1v) is 7.59. The molecule has 0 radical (unpaired) electrons. The Morgan fingerprint density at radius 3 is 2.60 bits per heavy atom. The van der Waals surface area contributed by atoms with Crippen molar-refractivity contribution >= 4 is 21.6 Å². The molecule has 0 aromatic heterocycles. The molecular formula is C14H20BrN3O2. The molecule has 1 heterocycles. The largest absolute Gasteiger partial charge is 0.306 e. The molecule has 0 unspecified atom stereocenters. The van der Waals surface area contributed by atoms with E-state index in [-0.39, 0.29) is 10.6 Å². The minimum atomic E-state index is -0.341. The minimum Gasteiger partial charge on any atom is -0.306 e. The van der Waals surface area contributed by atoms with Gasteiger partial charge in [-0.05, 0) is 61.5 Å². The second-order valence-electron chi connectivity index (χ2n) is 5.48. The van der Waals surface area contributed by atoms with Crippen molar-refractivity contribution in [1.29, 1.82) is 0 Å². The number of nitro benzene ring substituents is 1. The number of hydrogen-bond donors (Lipinski definition) is 0. The first-order chi connectivity index (χ1) is 9.49. The maximum absolute atomic E-state index is 10.9. The van der Waals surface area contributed by atoms with Crippen LogP contribution >= 0.6 is 15.9 Å². The number of rotatable bonds is 4. The molecular weight excluding hydrogens is 322 g/mol. The van der Waals surface area contributed by atoms with Crippen LogP contribution < -0.4 is 0 Å². The van der Waals surface area contributed by atoms with Crippen LogP contribution in [0.5, 0.6) is 0 Å². The van der Waals surface area contributed by atoms with E-state index >= 15 is 0 Å². The number of piperidine rings is 1. The maximum atomic E-state index is 10.9. The van der Waals surface area contributed by atoms with Gasteiger partial charge >= 0.3 is 0 Å². The molecule has 1 saturated heterocycles. The Hall–Kier alpha value is -0.980. The molecule has 1 aliphatic heterocycles.